The van der Waals surface area contributed by atoms with E-state index in [-0.39, 0.29) is 12.5 Å². The van der Waals surface area contributed by atoms with Crippen molar-refractivity contribution in [1.29, 1.82) is 0 Å². The van der Waals surface area contributed by atoms with Gasteiger partial charge >= 0.3 is 5.97 Å². The molecule has 0 fully saturated rings. The van der Waals surface area contributed by atoms with Crippen LogP contribution in [0.2, 0.25) is 0 Å². The number of benzene rings is 1. The number of anilines is 1. The molecule has 2 aromatic rings. The van der Waals surface area contributed by atoms with Gasteiger partial charge in [0, 0.05) is 7.05 Å². The van der Waals surface area contributed by atoms with Gasteiger partial charge in [-0.3, -0.25) is 9.48 Å². The van der Waals surface area contributed by atoms with Crippen molar-refractivity contribution in [1.82, 2.24) is 9.78 Å². The van der Waals surface area contributed by atoms with Crippen molar-refractivity contribution in [3.8, 4) is 5.75 Å². The smallest absolute Gasteiger partial charge is 0.344 e. The fourth-order valence-corrected chi connectivity index (χ4v) is 2.84. The van der Waals surface area contributed by atoms with Crippen LogP contribution in [0, 0.1) is 20.8 Å². The largest absolute Gasteiger partial charge is 0.482 e. The van der Waals surface area contributed by atoms with Crippen LogP contribution in [0.3, 0.4) is 0 Å². The minimum absolute atomic E-state index is 0.258. The molecule has 28 heavy (non-hydrogen) atoms. The minimum atomic E-state index is -0.947. The summed E-state index contributed by atoms with van der Waals surface area (Å²) in [6.45, 7) is 11.0. The predicted molar refractivity (Wildman–Crippen MR) is 108 cm³/mol. The molecular weight excluding hydrogens is 358 g/mol. The number of aromatic nitrogens is 2. The van der Waals surface area contributed by atoms with Gasteiger partial charge in [-0.15, -0.1) is 0 Å². The van der Waals surface area contributed by atoms with Crippen molar-refractivity contribution in [2.75, 3.05) is 11.9 Å². The van der Waals surface area contributed by atoms with E-state index in [1.165, 1.54) is 6.92 Å². The third-order valence-electron chi connectivity index (χ3n) is 4.57. The van der Waals surface area contributed by atoms with Crippen LogP contribution in [0.15, 0.2) is 18.2 Å². The topological polar surface area (TPSA) is 82.4 Å². The molecular formula is C21H29N3O4. The van der Waals surface area contributed by atoms with E-state index in [1.54, 1.807) is 18.7 Å². The zero-order chi connectivity index (χ0) is 21.0. The second-order valence-electron chi connectivity index (χ2n) is 7.28. The highest BCUT2D eigenvalue weighted by Gasteiger charge is 2.21. The van der Waals surface area contributed by atoms with E-state index in [9.17, 15) is 9.59 Å². The van der Waals surface area contributed by atoms with Gasteiger partial charge in [-0.2, -0.15) is 5.10 Å². The van der Waals surface area contributed by atoms with E-state index in [2.05, 4.69) is 24.3 Å². The van der Waals surface area contributed by atoms with Gasteiger partial charge in [-0.25, -0.2) is 4.79 Å². The fraction of sp³-hybridized carbons (Fsp3) is 0.476. The van der Waals surface area contributed by atoms with E-state index < -0.39 is 18.0 Å². The number of nitrogens with zero attached hydrogens (tertiary/aromatic N) is 2. The minimum Gasteiger partial charge on any atom is -0.482 e. The molecule has 0 aliphatic heterocycles. The molecule has 1 aromatic carbocycles. The van der Waals surface area contributed by atoms with Gasteiger partial charge in [0.25, 0.3) is 5.91 Å². The highest BCUT2D eigenvalue weighted by Crippen LogP contribution is 2.27. The summed E-state index contributed by atoms with van der Waals surface area (Å²) in [5.41, 5.74) is 4.23. The second-order valence-corrected chi connectivity index (χ2v) is 7.28. The monoisotopic (exact) mass is 387 g/mol. The average Bonchev–Trinajstić information content (AvgIpc) is 2.85. The standard InChI is InChI=1S/C21H29N3O4/c1-12(2)17-9-8-13(3)10-18(17)27-11-19(25)28-16(6)21(26)22-20-14(4)23-24(7)15(20)5/h8-10,12,16H,11H2,1-7H3,(H,22,26). The van der Waals surface area contributed by atoms with Crippen LogP contribution in [0.5, 0.6) is 5.75 Å². The Balaban J connectivity index is 1.94. The first-order valence-corrected chi connectivity index (χ1v) is 9.34. The van der Waals surface area contributed by atoms with Crippen molar-refractivity contribution in [3.63, 3.8) is 0 Å². The molecule has 7 nitrogen and oxygen atoms in total. The Morgan fingerprint density at radius 1 is 1.18 bits per heavy atom. The maximum atomic E-state index is 12.4. The molecule has 1 atom stereocenters. The number of amides is 1. The highest BCUT2D eigenvalue weighted by molar-refractivity contribution is 5.96. The van der Waals surface area contributed by atoms with Crippen molar-refractivity contribution in [3.05, 3.63) is 40.7 Å². The number of hydrogen-bond donors (Lipinski definition) is 1. The Hall–Kier alpha value is -2.83. The molecule has 1 N–H and O–H groups in total. The Kier molecular flexibility index (Phi) is 6.83. The van der Waals surface area contributed by atoms with Gasteiger partial charge in [0.1, 0.15) is 5.75 Å². The molecule has 0 spiro atoms. The van der Waals surface area contributed by atoms with E-state index in [4.69, 9.17) is 9.47 Å². The van der Waals surface area contributed by atoms with Crippen LogP contribution in [-0.2, 0) is 21.4 Å². The van der Waals surface area contributed by atoms with Crippen LogP contribution in [0.25, 0.3) is 0 Å². The normalized spacial score (nSPS) is 12.0. The molecule has 0 saturated heterocycles. The number of esters is 1. The third kappa shape index (κ3) is 5.12. The lowest BCUT2D eigenvalue weighted by atomic mass is 10.0. The molecule has 0 saturated carbocycles. The Morgan fingerprint density at radius 2 is 1.86 bits per heavy atom. The summed E-state index contributed by atoms with van der Waals surface area (Å²) in [4.78, 5) is 24.5. The number of rotatable bonds is 7. The van der Waals surface area contributed by atoms with Crippen LogP contribution in [-0.4, -0.2) is 34.4 Å². The van der Waals surface area contributed by atoms with Gasteiger partial charge in [0.2, 0.25) is 0 Å². The number of hydrogen-bond acceptors (Lipinski definition) is 5. The summed E-state index contributed by atoms with van der Waals surface area (Å²) in [6, 6.07) is 5.90. The molecule has 1 heterocycles. The number of ether oxygens (including phenoxy) is 2. The lowest BCUT2D eigenvalue weighted by Crippen LogP contribution is -2.32. The number of carbonyl (C=O) groups excluding carboxylic acids is 2. The molecule has 1 aromatic heterocycles. The summed E-state index contributed by atoms with van der Waals surface area (Å²) >= 11 is 0. The van der Waals surface area contributed by atoms with Crippen molar-refractivity contribution >= 4 is 17.6 Å². The van der Waals surface area contributed by atoms with Crippen LogP contribution < -0.4 is 10.1 Å². The molecule has 1 unspecified atom stereocenters. The van der Waals surface area contributed by atoms with Gasteiger partial charge in [-0.1, -0.05) is 26.0 Å². The van der Waals surface area contributed by atoms with Gasteiger partial charge < -0.3 is 14.8 Å². The zero-order valence-corrected chi connectivity index (χ0v) is 17.6. The first-order chi connectivity index (χ1) is 13.1. The van der Waals surface area contributed by atoms with E-state index in [0.717, 1.165) is 16.8 Å². The van der Waals surface area contributed by atoms with Crippen molar-refractivity contribution in [2.45, 2.75) is 53.6 Å². The maximum absolute atomic E-state index is 12.4. The van der Waals surface area contributed by atoms with E-state index in [1.807, 2.05) is 32.0 Å². The Morgan fingerprint density at radius 3 is 2.43 bits per heavy atom. The molecule has 2 rings (SSSR count). The SMILES string of the molecule is Cc1ccc(C(C)C)c(OCC(=O)OC(C)C(=O)Nc2c(C)nn(C)c2C)c1. The number of nitrogens with one attached hydrogen (secondary N) is 1. The van der Waals surface area contributed by atoms with Crippen LogP contribution in [0.4, 0.5) is 5.69 Å². The summed E-state index contributed by atoms with van der Waals surface area (Å²) in [6.07, 6.45) is -0.947. The first kappa shape index (κ1) is 21.5. The lowest BCUT2D eigenvalue weighted by molar-refractivity contribution is -0.155. The third-order valence-corrected chi connectivity index (χ3v) is 4.57. The molecule has 1 amide bonds. The second kappa shape index (κ2) is 8.91. The summed E-state index contributed by atoms with van der Waals surface area (Å²) < 4.78 is 12.6. The Bertz CT molecular complexity index is 871. The summed E-state index contributed by atoms with van der Waals surface area (Å²) in [5.74, 6) is -0.0857. The molecule has 0 aliphatic rings. The number of carbonyl (C=O) groups is 2. The van der Waals surface area contributed by atoms with Crippen LogP contribution in [0.1, 0.15) is 49.2 Å². The van der Waals surface area contributed by atoms with Gasteiger partial charge in [-0.05, 0) is 50.8 Å². The van der Waals surface area contributed by atoms with E-state index >= 15 is 0 Å². The first-order valence-electron chi connectivity index (χ1n) is 9.34. The van der Waals surface area contributed by atoms with Crippen molar-refractivity contribution < 1.29 is 19.1 Å². The van der Waals surface area contributed by atoms with Crippen LogP contribution >= 0.6 is 0 Å². The molecule has 0 bridgehead atoms. The van der Waals surface area contributed by atoms with Gasteiger partial charge in [0.15, 0.2) is 12.7 Å². The Labute approximate surface area is 166 Å². The number of aryl methyl sites for hydroxylation is 3. The average molecular weight is 387 g/mol. The summed E-state index contributed by atoms with van der Waals surface area (Å²) in [5, 5.41) is 7.02. The fourth-order valence-electron chi connectivity index (χ4n) is 2.84. The summed E-state index contributed by atoms with van der Waals surface area (Å²) in [7, 11) is 1.80. The lowest BCUT2D eigenvalue weighted by Gasteiger charge is -2.16. The molecule has 152 valence electrons. The molecule has 7 heteroatoms. The zero-order valence-electron chi connectivity index (χ0n) is 17.6. The predicted octanol–water partition coefficient (Wildman–Crippen LogP) is 3.42. The maximum Gasteiger partial charge on any atom is 0.344 e. The highest BCUT2D eigenvalue weighted by atomic mass is 16.6. The van der Waals surface area contributed by atoms with Gasteiger partial charge in [0.05, 0.1) is 17.1 Å². The van der Waals surface area contributed by atoms with E-state index in [0.29, 0.717) is 17.1 Å². The quantitative estimate of drug-likeness (QED) is 0.736. The molecule has 0 aliphatic carbocycles. The molecule has 0 radical (unpaired) electrons. The van der Waals surface area contributed by atoms with Crippen molar-refractivity contribution in [2.24, 2.45) is 7.05 Å².